The molecule has 3 aromatic rings. The van der Waals surface area contributed by atoms with Crippen molar-refractivity contribution in [3.63, 3.8) is 0 Å². The van der Waals surface area contributed by atoms with E-state index in [0.717, 1.165) is 10.6 Å². The number of ether oxygens (including phenoxy) is 2. The van der Waals surface area contributed by atoms with Gasteiger partial charge in [-0.1, -0.05) is 24.3 Å². The molecule has 2 N–H and O–H groups in total. The van der Waals surface area contributed by atoms with Crippen molar-refractivity contribution in [2.75, 3.05) is 18.5 Å². The summed E-state index contributed by atoms with van der Waals surface area (Å²) in [5.41, 5.74) is 1.51. The summed E-state index contributed by atoms with van der Waals surface area (Å²) in [7, 11) is 0. The molecule has 2 aliphatic heterocycles. The molecule has 2 saturated heterocycles. The summed E-state index contributed by atoms with van der Waals surface area (Å²) in [5, 5.41) is 8.40. The number of carbonyl (C=O) groups is 1. The van der Waals surface area contributed by atoms with Gasteiger partial charge in [0.25, 0.3) is 5.91 Å². The van der Waals surface area contributed by atoms with E-state index in [0.29, 0.717) is 24.7 Å². The fraction of sp³-hybridized carbons (Fsp3) is 0.286. The van der Waals surface area contributed by atoms with Crippen LogP contribution in [0.5, 0.6) is 0 Å². The minimum Gasteiger partial charge on any atom is -0.371 e. The van der Waals surface area contributed by atoms with Crippen LogP contribution in [0.3, 0.4) is 0 Å². The maximum absolute atomic E-state index is 12.5. The summed E-state index contributed by atoms with van der Waals surface area (Å²) in [6.45, 7) is 0.891. The van der Waals surface area contributed by atoms with E-state index in [4.69, 9.17) is 9.47 Å². The first-order valence-electron chi connectivity index (χ1n) is 9.50. The summed E-state index contributed by atoms with van der Waals surface area (Å²) in [4.78, 5) is 22.5. The topological polar surface area (TPSA) is 85.4 Å². The summed E-state index contributed by atoms with van der Waals surface area (Å²) < 4.78 is 11.9. The van der Waals surface area contributed by atoms with Crippen molar-refractivity contribution in [2.24, 2.45) is 0 Å². The number of nitrogens with one attached hydrogen (secondary N) is 2. The first kappa shape index (κ1) is 18.2. The predicted molar refractivity (Wildman–Crippen MR) is 110 cm³/mol. The van der Waals surface area contributed by atoms with E-state index < -0.39 is 0 Å². The molecule has 1 amide bonds. The van der Waals surface area contributed by atoms with Crippen molar-refractivity contribution < 1.29 is 14.3 Å². The Balaban J connectivity index is 1.24. The van der Waals surface area contributed by atoms with Gasteiger partial charge in [0, 0.05) is 11.8 Å². The van der Waals surface area contributed by atoms with Gasteiger partial charge >= 0.3 is 0 Å². The van der Waals surface area contributed by atoms with Crippen molar-refractivity contribution in [3.05, 3.63) is 65.7 Å². The first-order valence-corrected chi connectivity index (χ1v) is 10.4. The summed E-state index contributed by atoms with van der Waals surface area (Å²) >= 11 is 1.64. The fourth-order valence-electron chi connectivity index (χ4n) is 3.74. The number of nitrogens with zero attached hydrogens (tertiary/aromatic N) is 2. The van der Waals surface area contributed by atoms with E-state index in [9.17, 15) is 4.79 Å². The fourth-order valence-corrected chi connectivity index (χ4v) is 4.44. The quantitative estimate of drug-likeness (QED) is 0.675. The average molecular weight is 408 g/mol. The highest BCUT2D eigenvalue weighted by atomic mass is 32.1. The molecule has 148 valence electrons. The number of anilines is 1. The Morgan fingerprint density at radius 3 is 2.59 bits per heavy atom. The second-order valence-electron chi connectivity index (χ2n) is 7.04. The number of hydrogen-bond donors (Lipinski definition) is 2. The van der Waals surface area contributed by atoms with Gasteiger partial charge in [0.15, 0.2) is 0 Å². The molecule has 0 bridgehead atoms. The largest absolute Gasteiger partial charge is 0.371 e. The van der Waals surface area contributed by atoms with E-state index in [2.05, 4.69) is 20.6 Å². The number of hydrogen-bond acceptors (Lipinski definition) is 7. The van der Waals surface area contributed by atoms with E-state index in [1.54, 1.807) is 29.7 Å². The third kappa shape index (κ3) is 3.74. The Morgan fingerprint density at radius 2 is 1.79 bits per heavy atom. The second-order valence-corrected chi connectivity index (χ2v) is 7.98. The molecule has 0 radical (unpaired) electrons. The average Bonchev–Trinajstić information content (AvgIpc) is 3.49. The maximum Gasteiger partial charge on any atom is 0.251 e. The molecule has 5 rings (SSSR count). The Kier molecular flexibility index (Phi) is 4.97. The Bertz CT molecular complexity index is 983. The number of carbonyl (C=O) groups excluding carboxylic acids is 1. The van der Waals surface area contributed by atoms with E-state index >= 15 is 0 Å². The zero-order valence-corrected chi connectivity index (χ0v) is 16.3. The SMILES string of the molecule is O=C(NC1COC2C(Nc3nccc(-c4cccs4)n3)COC12)c1ccccc1. The van der Waals surface area contributed by atoms with Gasteiger partial charge < -0.3 is 20.1 Å². The lowest BCUT2D eigenvalue weighted by Crippen LogP contribution is -2.44. The smallest absolute Gasteiger partial charge is 0.251 e. The molecular weight excluding hydrogens is 388 g/mol. The van der Waals surface area contributed by atoms with E-state index in [1.807, 2.05) is 41.8 Å². The van der Waals surface area contributed by atoms with Crippen molar-refractivity contribution >= 4 is 23.2 Å². The number of fused-ring (bicyclic) bond motifs is 1. The van der Waals surface area contributed by atoms with Crippen LogP contribution in [0.2, 0.25) is 0 Å². The Labute approximate surface area is 172 Å². The molecular formula is C21H20N4O3S. The van der Waals surface area contributed by atoms with Crippen LogP contribution in [0.25, 0.3) is 10.6 Å². The van der Waals surface area contributed by atoms with Crippen LogP contribution in [0.1, 0.15) is 10.4 Å². The van der Waals surface area contributed by atoms with Crippen LogP contribution in [0.4, 0.5) is 5.95 Å². The van der Waals surface area contributed by atoms with Crippen LogP contribution in [-0.2, 0) is 9.47 Å². The molecule has 0 saturated carbocycles. The number of amides is 1. The zero-order chi connectivity index (χ0) is 19.6. The van der Waals surface area contributed by atoms with Gasteiger partial charge in [-0.05, 0) is 29.6 Å². The van der Waals surface area contributed by atoms with Crippen molar-refractivity contribution in [2.45, 2.75) is 24.3 Å². The lowest BCUT2D eigenvalue weighted by atomic mass is 10.1. The van der Waals surface area contributed by atoms with Crippen LogP contribution >= 0.6 is 11.3 Å². The predicted octanol–water partition coefficient (Wildman–Crippen LogP) is 2.58. The monoisotopic (exact) mass is 408 g/mol. The van der Waals surface area contributed by atoms with Gasteiger partial charge in [-0.15, -0.1) is 11.3 Å². The highest BCUT2D eigenvalue weighted by Gasteiger charge is 2.48. The number of aromatic nitrogens is 2. The molecule has 0 spiro atoms. The van der Waals surface area contributed by atoms with Gasteiger partial charge in [0.2, 0.25) is 5.95 Å². The van der Waals surface area contributed by atoms with Gasteiger partial charge in [-0.3, -0.25) is 4.79 Å². The highest BCUT2D eigenvalue weighted by Crippen LogP contribution is 2.29. The normalized spacial score (nSPS) is 25.5. The molecule has 0 aliphatic carbocycles. The van der Waals surface area contributed by atoms with E-state index in [-0.39, 0.29) is 30.2 Å². The molecule has 4 heterocycles. The molecule has 2 aromatic heterocycles. The van der Waals surface area contributed by atoms with Crippen LogP contribution in [-0.4, -0.2) is 53.4 Å². The Morgan fingerprint density at radius 1 is 1.00 bits per heavy atom. The van der Waals surface area contributed by atoms with Gasteiger partial charge in [-0.25, -0.2) is 9.97 Å². The highest BCUT2D eigenvalue weighted by molar-refractivity contribution is 7.13. The van der Waals surface area contributed by atoms with Crippen LogP contribution in [0.15, 0.2) is 60.1 Å². The van der Waals surface area contributed by atoms with Crippen molar-refractivity contribution in [3.8, 4) is 10.6 Å². The third-order valence-electron chi connectivity index (χ3n) is 5.15. The van der Waals surface area contributed by atoms with Gasteiger partial charge in [-0.2, -0.15) is 0 Å². The molecule has 4 atom stereocenters. The number of rotatable bonds is 5. The van der Waals surface area contributed by atoms with Gasteiger partial charge in [0.05, 0.1) is 35.9 Å². The molecule has 29 heavy (non-hydrogen) atoms. The molecule has 1 aromatic carbocycles. The van der Waals surface area contributed by atoms with Gasteiger partial charge in [0.1, 0.15) is 12.2 Å². The molecule has 4 unspecified atom stereocenters. The van der Waals surface area contributed by atoms with E-state index in [1.165, 1.54) is 0 Å². The summed E-state index contributed by atoms with van der Waals surface area (Å²) in [6, 6.07) is 14.8. The standard InChI is InChI=1S/C21H20N4O3S/c26-20(13-5-2-1-3-6-13)23-15-11-27-19-16(12-28-18(15)19)25-21-22-9-8-14(24-21)17-7-4-10-29-17/h1-10,15-16,18-19H,11-12H2,(H,23,26)(H,22,24,25). The summed E-state index contributed by atoms with van der Waals surface area (Å²) in [6.07, 6.45) is 1.39. The second kappa shape index (κ2) is 7.90. The summed E-state index contributed by atoms with van der Waals surface area (Å²) in [5.74, 6) is 0.428. The van der Waals surface area contributed by atoms with Crippen LogP contribution < -0.4 is 10.6 Å². The zero-order valence-electron chi connectivity index (χ0n) is 15.5. The lowest BCUT2D eigenvalue weighted by molar-refractivity contribution is 0.0652. The van der Waals surface area contributed by atoms with Crippen LogP contribution in [0, 0.1) is 0 Å². The molecule has 2 aliphatic rings. The minimum atomic E-state index is -0.194. The van der Waals surface area contributed by atoms with Crippen molar-refractivity contribution in [1.29, 1.82) is 0 Å². The Hall–Kier alpha value is -2.81. The molecule has 7 nitrogen and oxygen atoms in total. The first-order chi connectivity index (χ1) is 14.3. The minimum absolute atomic E-state index is 0.0720. The third-order valence-corrected chi connectivity index (χ3v) is 6.04. The maximum atomic E-state index is 12.5. The molecule has 8 heteroatoms. The number of benzene rings is 1. The number of thiophene rings is 1. The van der Waals surface area contributed by atoms with Crippen molar-refractivity contribution in [1.82, 2.24) is 15.3 Å². The lowest BCUT2D eigenvalue weighted by Gasteiger charge is -2.18. The molecule has 2 fully saturated rings.